The van der Waals surface area contributed by atoms with Gasteiger partial charge >= 0.3 is 7.12 Å². The Bertz CT molecular complexity index is 437. The van der Waals surface area contributed by atoms with Crippen molar-refractivity contribution >= 4 is 24.4 Å². The van der Waals surface area contributed by atoms with Crippen LogP contribution in [0.4, 0.5) is 0 Å². The molecule has 0 saturated carbocycles. The van der Waals surface area contributed by atoms with E-state index in [0.29, 0.717) is 18.7 Å². The van der Waals surface area contributed by atoms with Crippen LogP contribution in [0.15, 0.2) is 24.3 Å². The Labute approximate surface area is 105 Å². The highest BCUT2D eigenvalue weighted by Crippen LogP contribution is 1.96. The number of rotatable bonds is 5. The van der Waals surface area contributed by atoms with Gasteiger partial charge in [-0.3, -0.25) is 9.59 Å². The first kappa shape index (κ1) is 14.2. The van der Waals surface area contributed by atoms with E-state index in [1.807, 2.05) is 0 Å². The van der Waals surface area contributed by atoms with Gasteiger partial charge in [0.25, 0.3) is 5.91 Å². The molecular weight excluding hydrogens is 235 g/mol. The second kappa shape index (κ2) is 6.78. The molecule has 2 amide bonds. The second-order valence-corrected chi connectivity index (χ2v) is 3.74. The van der Waals surface area contributed by atoms with E-state index in [9.17, 15) is 9.59 Å². The van der Waals surface area contributed by atoms with E-state index >= 15 is 0 Å². The molecule has 0 aliphatic rings. The van der Waals surface area contributed by atoms with E-state index < -0.39 is 7.12 Å². The van der Waals surface area contributed by atoms with Crippen molar-refractivity contribution in [3.63, 3.8) is 0 Å². The fourth-order valence-corrected chi connectivity index (χ4v) is 1.36. The molecule has 4 N–H and O–H groups in total. The minimum atomic E-state index is -1.60. The molecule has 1 aromatic rings. The van der Waals surface area contributed by atoms with Crippen LogP contribution in [0, 0.1) is 0 Å². The molecule has 0 aliphatic carbocycles. The predicted molar refractivity (Wildman–Crippen MR) is 67.3 cm³/mol. The molecule has 0 aromatic heterocycles. The van der Waals surface area contributed by atoms with Crippen molar-refractivity contribution in [2.75, 3.05) is 13.1 Å². The highest BCUT2D eigenvalue weighted by Gasteiger charge is 2.13. The number of carbonyl (C=O) groups is 2. The topological polar surface area (TPSA) is 98.7 Å². The maximum Gasteiger partial charge on any atom is 0.488 e. The van der Waals surface area contributed by atoms with Crippen molar-refractivity contribution in [2.45, 2.75) is 6.92 Å². The summed E-state index contributed by atoms with van der Waals surface area (Å²) in [5, 5.41) is 23.1. The SMILES string of the molecule is CC(=O)NCCNC(=O)c1cccc(B(O)O)c1. The van der Waals surface area contributed by atoms with E-state index in [1.165, 1.54) is 19.1 Å². The first-order valence-electron chi connectivity index (χ1n) is 5.49. The fourth-order valence-electron chi connectivity index (χ4n) is 1.36. The molecule has 6 nitrogen and oxygen atoms in total. The molecule has 1 rings (SSSR count). The van der Waals surface area contributed by atoms with E-state index in [0.717, 1.165) is 0 Å². The monoisotopic (exact) mass is 250 g/mol. The molecule has 0 spiro atoms. The lowest BCUT2D eigenvalue weighted by Gasteiger charge is -2.07. The van der Waals surface area contributed by atoms with Gasteiger partial charge in [-0.05, 0) is 17.6 Å². The van der Waals surface area contributed by atoms with Crippen molar-refractivity contribution in [1.29, 1.82) is 0 Å². The summed E-state index contributed by atoms with van der Waals surface area (Å²) in [6, 6.07) is 6.05. The number of hydrogen-bond acceptors (Lipinski definition) is 4. The quantitative estimate of drug-likeness (QED) is 0.367. The standard InChI is InChI=1S/C11H15BN2O4/c1-8(15)13-5-6-14-11(16)9-3-2-4-10(7-9)12(17)18/h2-4,7,17-18H,5-6H2,1H3,(H,13,15)(H,14,16). The molecule has 0 fully saturated rings. The summed E-state index contributed by atoms with van der Waals surface area (Å²) in [6.07, 6.45) is 0. The van der Waals surface area contributed by atoms with Crippen LogP contribution in [0.3, 0.4) is 0 Å². The maximum atomic E-state index is 11.7. The van der Waals surface area contributed by atoms with Crippen LogP contribution in [-0.2, 0) is 4.79 Å². The minimum absolute atomic E-state index is 0.158. The molecule has 0 aliphatic heterocycles. The second-order valence-electron chi connectivity index (χ2n) is 3.74. The number of amides is 2. The number of benzene rings is 1. The Morgan fingerprint density at radius 1 is 1.22 bits per heavy atom. The maximum absolute atomic E-state index is 11.7. The van der Waals surface area contributed by atoms with Crippen molar-refractivity contribution in [1.82, 2.24) is 10.6 Å². The van der Waals surface area contributed by atoms with Crippen molar-refractivity contribution in [3.8, 4) is 0 Å². The summed E-state index contributed by atoms with van der Waals surface area (Å²) in [5.74, 6) is -0.488. The van der Waals surface area contributed by atoms with Gasteiger partial charge < -0.3 is 20.7 Å². The molecule has 0 bridgehead atoms. The van der Waals surface area contributed by atoms with Crippen molar-refractivity contribution in [3.05, 3.63) is 29.8 Å². The molecule has 1 aromatic carbocycles. The Hall–Kier alpha value is -1.86. The molecular formula is C11H15BN2O4. The number of carbonyl (C=O) groups excluding carboxylic acids is 2. The lowest BCUT2D eigenvalue weighted by molar-refractivity contribution is -0.118. The molecule has 0 heterocycles. The summed E-state index contributed by atoms with van der Waals surface area (Å²) in [4.78, 5) is 22.3. The van der Waals surface area contributed by atoms with Gasteiger partial charge in [-0.25, -0.2) is 0 Å². The van der Waals surface area contributed by atoms with Crippen LogP contribution >= 0.6 is 0 Å². The molecule has 0 radical (unpaired) electrons. The average molecular weight is 250 g/mol. The van der Waals surface area contributed by atoms with Crippen LogP contribution in [0.1, 0.15) is 17.3 Å². The predicted octanol–water partition coefficient (Wildman–Crippen LogP) is -1.77. The lowest BCUT2D eigenvalue weighted by Crippen LogP contribution is -2.35. The summed E-state index contributed by atoms with van der Waals surface area (Å²) in [7, 11) is -1.60. The minimum Gasteiger partial charge on any atom is -0.423 e. The first-order valence-corrected chi connectivity index (χ1v) is 5.49. The Morgan fingerprint density at radius 2 is 1.89 bits per heavy atom. The summed E-state index contributed by atoms with van der Waals surface area (Å²) in [5.41, 5.74) is 0.591. The van der Waals surface area contributed by atoms with Gasteiger partial charge in [-0.15, -0.1) is 0 Å². The zero-order chi connectivity index (χ0) is 13.5. The number of hydrogen-bond donors (Lipinski definition) is 4. The van der Waals surface area contributed by atoms with E-state index in [-0.39, 0.29) is 17.3 Å². The lowest BCUT2D eigenvalue weighted by atomic mass is 9.79. The normalized spacial score (nSPS) is 9.72. The summed E-state index contributed by atoms with van der Waals surface area (Å²) < 4.78 is 0. The van der Waals surface area contributed by atoms with E-state index in [4.69, 9.17) is 10.0 Å². The van der Waals surface area contributed by atoms with Crippen LogP contribution in [-0.4, -0.2) is 42.1 Å². The summed E-state index contributed by atoms with van der Waals surface area (Å²) in [6.45, 7) is 2.06. The Morgan fingerprint density at radius 3 is 2.50 bits per heavy atom. The zero-order valence-corrected chi connectivity index (χ0v) is 10.0. The Balaban J connectivity index is 2.51. The van der Waals surface area contributed by atoms with Crippen LogP contribution in [0.2, 0.25) is 0 Å². The van der Waals surface area contributed by atoms with Gasteiger partial charge in [0, 0.05) is 25.6 Å². The van der Waals surface area contributed by atoms with Crippen LogP contribution in [0.25, 0.3) is 0 Å². The van der Waals surface area contributed by atoms with Crippen molar-refractivity contribution < 1.29 is 19.6 Å². The first-order chi connectivity index (χ1) is 8.50. The van der Waals surface area contributed by atoms with Gasteiger partial charge in [-0.1, -0.05) is 12.1 Å². The number of nitrogens with one attached hydrogen (secondary N) is 2. The average Bonchev–Trinajstić information content (AvgIpc) is 2.34. The van der Waals surface area contributed by atoms with Gasteiger partial charge in [0.15, 0.2) is 0 Å². The highest BCUT2D eigenvalue weighted by molar-refractivity contribution is 6.58. The largest absolute Gasteiger partial charge is 0.488 e. The smallest absolute Gasteiger partial charge is 0.423 e. The molecule has 18 heavy (non-hydrogen) atoms. The molecule has 0 atom stereocenters. The molecule has 0 saturated heterocycles. The van der Waals surface area contributed by atoms with Gasteiger partial charge in [0.1, 0.15) is 0 Å². The van der Waals surface area contributed by atoms with Gasteiger partial charge in [0.05, 0.1) is 0 Å². The van der Waals surface area contributed by atoms with E-state index in [2.05, 4.69) is 10.6 Å². The van der Waals surface area contributed by atoms with Crippen LogP contribution < -0.4 is 16.1 Å². The molecule has 96 valence electrons. The Kier molecular flexibility index (Phi) is 5.35. The molecule has 0 unspecified atom stereocenters. The molecule has 7 heteroatoms. The van der Waals surface area contributed by atoms with Gasteiger partial charge in [-0.2, -0.15) is 0 Å². The summed E-state index contributed by atoms with van der Waals surface area (Å²) >= 11 is 0. The third-order valence-electron chi connectivity index (χ3n) is 2.23. The highest BCUT2D eigenvalue weighted by atomic mass is 16.4. The third-order valence-corrected chi connectivity index (χ3v) is 2.23. The van der Waals surface area contributed by atoms with Crippen molar-refractivity contribution in [2.24, 2.45) is 0 Å². The zero-order valence-electron chi connectivity index (χ0n) is 10.0. The van der Waals surface area contributed by atoms with Crippen LogP contribution in [0.5, 0.6) is 0 Å². The third kappa shape index (κ3) is 4.56. The fraction of sp³-hybridized carbons (Fsp3) is 0.273. The van der Waals surface area contributed by atoms with Gasteiger partial charge in [0.2, 0.25) is 5.91 Å². The van der Waals surface area contributed by atoms with E-state index in [1.54, 1.807) is 12.1 Å².